The van der Waals surface area contributed by atoms with Crippen molar-refractivity contribution in [2.45, 2.75) is 16.1 Å². The van der Waals surface area contributed by atoms with Gasteiger partial charge in [-0.1, -0.05) is 23.7 Å². The highest BCUT2D eigenvalue weighted by atomic mass is 35.5. The van der Waals surface area contributed by atoms with Gasteiger partial charge in [-0.25, -0.2) is 12.8 Å². The predicted molar refractivity (Wildman–Crippen MR) is 81.1 cm³/mol. The molecule has 2 aromatic carbocycles. The lowest BCUT2D eigenvalue weighted by atomic mass is 10.1. The maximum atomic E-state index is 13.0. The molecule has 0 amide bonds. The molecule has 0 N–H and O–H groups in total. The molecule has 0 radical (unpaired) electrons. The molecule has 3 nitrogen and oxygen atoms in total. The second-order valence-corrected chi connectivity index (χ2v) is 7.80. The predicted octanol–water partition coefficient (Wildman–Crippen LogP) is 3.23. The van der Waals surface area contributed by atoms with Gasteiger partial charge in [0.1, 0.15) is 12.1 Å². The zero-order valence-electron chi connectivity index (χ0n) is 11.3. The van der Waals surface area contributed by atoms with Crippen LogP contribution in [0.2, 0.25) is 5.02 Å². The van der Waals surface area contributed by atoms with E-state index in [1.165, 1.54) is 48.5 Å². The lowest BCUT2D eigenvalue weighted by Crippen LogP contribution is -2.11. The highest BCUT2D eigenvalue weighted by Crippen LogP contribution is 2.52. The van der Waals surface area contributed by atoms with Gasteiger partial charge >= 0.3 is 0 Å². The van der Waals surface area contributed by atoms with E-state index in [1.807, 2.05) is 0 Å². The van der Waals surface area contributed by atoms with Gasteiger partial charge in [-0.2, -0.15) is 0 Å². The van der Waals surface area contributed by atoms with E-state index in [9.17, 15) is 17.6 Å². The normalized spacial score (nSPS) is 24.0. The molecule has 6 heteroatoms. The second kappa shape index (κ2) is 5.48. The van der Waals surface area contributed by atoms with Gasteiger partial charge in [0.2, 0.25) is 0 Å². The highest BCUT2D eigenvalue weighted by Gasteiger charge is 2.59. The third-order valence-corrected chi connectivity index (χ3v) is 6.42. The Morgan fingerprint density at radius 3 is 2.14 bits per heavy atom. The van der Waals surface area contributed by atoms with Crippen molar-refractivity contribution in [3.63, 3.8) is 0 Å². The van der Waals surface area contributed by atoms with Crippen LogP contribution in [0.3, 0.4) is 0 Å². The van der Waals surface area contributed by atoms with Crippen LogP contribution >= 0.6 is 11.6 Å². The number of hydrogen-bond acceptors (Lipinski definition) is 3. The Morgan fingerprint density at radius 2 is 1.59 bits per heavy atom. The Bertz CT molecular complexity index is 800. The number of carbonyl (C=O) groups is 1. The minimum atomic E-state index is -3.63. The van der Waals surface area contributed by atoms with Gasteiger partial charge in [0.05, 0.1) is 10.1 Å². The monoisotopic (exact) mass is 338 g/mol. The molecular formula is C16H12ClFO3S. The van der Waals surface area contributed by atoms with Crippen molar-refractivity contribution in [2.75, 3.05) is 0 Å². The lowest BCUT2D eigenvalue weighted by molar-refractivity contribution is -0.108. The average Bonchev–Trinajstić information content (AvgIpc) is 3.24. The number of sulfone groups is 1. The first-order valence-electron chi connectivity index (χ1n) is 6.65. The second-order valence-electron chi connectivity index (χ2n) is 5.25. The number of halogens is 2. The Hall–Kier alpha value is -1.72. The summed E-state index contributed by atoms with van der Waals surface area (Å²) in [6.45, 7) is 0. The molecule has 0 spiro atoms. The molecule has 1 aliphatic carbocycles. The van der Waals surface area contributed by atoms with Crippen LogP contribution in [0, 0.1) is 11.7 Å². The van der Waals surface area contributed by atoms with Crippen LogP contribution in [0.15, 0.2) is 53.4 Å². The Morgan fingerprint density at radius 1 is 1.00 bits per heavy atom. The minimum absolute atomic E-state index is 0.137. The SMILES string of the molecule is O=C[C@@H]1[C@@H](c2ccc(F)cc2)[C@@H]1S(=O)(=O)c1ccc(Cl)cc1. The van der Waals surface area contributed by atoms with Crippen LogP contribution in [-0.4, -0.2) is 20.0 Å². The minimum Gasteiger partial charge on any atom is -0.303 e. The van der Waals surface area contributed by atoms with Crippen molar-refractivity contribution in [1.82, 2.24) is 0 Å². The van der Waals surface area contributed by atoms with Crippen LogP contribution in [0.1, 0.15) is 11.5 Å². The van der Waals surface area contributed by atoms with Crippen LogP contribution in [-0.2, 0) is 14.6 Å². The molecule has 0 saturated heterocycles. The first-order valence-corrected chi connectivity index (χ1v) is 8.58. The highest BCUT2D eigenvalue weighted by molar-refractivity contribution is 7.92. The van der Waals surface area contributed by atoms with E-state index < -0.39 is 32.7 Å². The number of benzene rings is 2. The molecule has 0 aromatic heterocycles. The molecule has 3 atom stereocenters. The van der Waals surface area contributed by atoms with Gasteiger partial charge in [-0.05, 0) is 42.0 Å². The van der Waals surface area contributed by atoms with Gasteiger partial charge in [-0.3, -0.25) is 0 Å². The van der Waals surface area contributed by atoms with Gasteiger partial charge < -0.3 is 4.79 Å². The first kappa shape index (κ1) is 15.2. The molecule has 1 saturated carbocycles. The molecule has 1 fully saturated rings. The Kier molecular flexibility index (Phi) is 3.78. The fourth-order valence-corrected chi connectivity index (χ4v) is 4.98. The number of carbonyl (C=O) groups excluding carboxylic acids is 1. The van der Waals surface area contributed by atoms with E-state index in [1.54, 1.807) is 0 Å². The zero-order valence-corrected chi connectivity index (χ0v) is 12.9. The van der Waals surface area contributed by atoms with Crippen molar-refractivity contribution in [3.8, 4) is 0 Å². The number of aldehydes is 1. The molecule has 2 aromatic rings. The summed E-state index contributed by atoms with van der Waals surface area (Å²) < 4.78 is 38.3. The lowest BCUT2D eigenvalue weighted by Gasteiger charge is -2.04. The van der Waals surface area contributed by atoms with E-state index in [0.717, 1.165) is 0 Å². The largest absolute Gasteiger partial charge is 0.303 e. The molecule has 0 unspecified atom stereocenters. The van der Waals surface area contributed by atoms with Crippen LogP contribution in [0.25, 0.3) is 0 Å². The molecule has 0 heterocycles. The van der Waals surface area contributed by atoms with Gasteiger partial charge in [-0.15, -0.1) is 0 Å². The number of hydrogen-bond donors (Lipinski definition) is 0. The van der Waals surface area contributed by atoms with E-state index in [-0.39, 0.29) is 4.90 Å². The summed E-state index contributed by atoms with van der Waals surface area (Å²) in [5.41, 5.74) is 0.654. The van der Waals surface area contributed by atoms with Gasteiger partial charge in [0.15, 0.2) is 9.84 Å². The molecule has 22 heavy (non-hydrogen) atoms. The third-order valence-electron chi connectivity index (χ3n) is 3.92. The van der Waals surface area contributed by atoms with Crippen LogP contribution in [0.4, 0.5) is 4.39 Å². The molecule has 114 valence electrons. The maximum Gasteiger partial charge on any atom is 0.182 e. The van der Waals surface area contributed by atoms with Crippen molar-refractivity contribution < 1.29 is 17.6 Å². The van der Waals surface area contributed by atoms with Crippen molar-refractivity contribution in [2.24, 2.45) is 5.92 Å². The molecular weight excluding hydrogens is 327 g/mol. The van der Waals surface area contributed by atoms with E-state index in [2.05, 4.69) is 0 Å². The standard InChI is InChI=1S/C16H12ClFO3S/c17-11-3-7-13(8-4-11)22(20,21)16-14(9-19)15(16)10-1-5-12(18)6-2-10/h1-9,14-16H/t14-,15-,16-/m1/s1. The summed E-state index contributed by atoms with van der Waals surface area (Å²) in [5, 5.41) is -0.367. The van der Waals surface area contributed by atoms with E-state index in [4.69, 9.17) is 11.6 Å². The summed E-state index contributed by atoms with van der Waals surface area (Å²) in [6, 6.07) is 11.4. The Labute approximate surface area is 132 Å². The van der Waals surface area contributed by atoms with Gasteiger partial charge in [0.25, 0.3) is 0 Å². The summed E-state index contributed by atoms with van der Waals surface area (Å²) in [7, 11) is -3.63. The summed E-state index contributed by atoms with van der Waals surface area (Å²) >= 11 is 5.77. The summed E-state index contributed by atoms with van der Waals surface area (Å²) in [4.78, 5) is 11.3. The van der Waals surface area contributed by atoms with Crippen LogP contribution < -0.4 is 0 Å². The Balaban J connectivity index is 1.95. The van der Waals surface area contributed by atoms with Crippen molar-refractivity contribution in [1.29, 1.82) is 0 Å². The fraction of sp³-hybridized carbons (Fsp3) is 0.188. The molecule has 0 bridgehead atoms. The zero-order chi connectivity index (χ0) is 15.9. The topological polar surface area (TPSA) is 51.2 Å². The third kappa shape index (κ3) is 2.55. The van der Waals surface area contributed by atoms with Crippen molar-refractivity contribution >= 4 is 27.7 Å². The first-order chi connectivity index (χ1) is 10.4. The van der Waals surface area contributed by atoms with Gasteiger partial charge in [0, 0.05) is 16.9 Å². The van der Waals surface area contributed by atoms with E-state index in [0.29, 0.717) is 16.9 Å². The quantitative estimate of drug-likeness (QED) is 0.804. The van der Waals surface area contributed by atoms with Crippen LogP contribution in [0.5, 0.6) is 0 Å². The summed E-state index contributed by atoms with van der Waals surface area (Å²) in [5.74, 6) is -1.44. The summed E-state index contributed by atoms with van der Waals surface area (Å²) in [6.07, 6.45) is 0.659. The molecule has 1 aliphatic rings. The fourth-order valence-electron chi connectivity index (χ4n) is 2.75. The maximum absolute atomic E-state index is 13.0. The van der Waals surface area contributed by atoms with E-state index >= 15 is 0 Å². The average molecular weight is 339 g/mol. The number of rotatable bonds is 4. The molecule has 3 rings (SSSR count). The molecule has 0 aliphatic heterocycles. The van der Waals surface area contributed by atoms with Crippen molar-refractivity contribution in [3.05, 3.63) is 64.9 Å². The smallest absolute Gasteiger partial charge is 0.182 e.